The lowest BCUT2D eigenvalue weighted by Crippen LogP contribution is -2.34. The molecule has 1 heterocycles. The predicted octanol–water partition coefficient (Wildman–Crippen LogP) is 3.42. The third-order valence-electron chi connectivity index (χ3n) is 4.08. The Morgan fingerprint density at radius 2 is 1.86 bits per heavy atom. The Morgan fingerprint density at radius 1 is 1.19 bits per heavy atom. The number of rotatable bonds is 7. The molecule has 4 nitrogen and oxygen atoms in total. The topological polar surface area (TPSA) is 47.0 Å². The number of hydrogen-bond acceptors (Lipinski definition) is 4. The van der Waals surface area contributed by atoms with Crippen molar-refractivity contribution in [2.24, 2.45) is 5.92 Å². The Balaban J connectivity index is 2.02. The number of aromatic nitrogens is 2. The highest BCUT2D eigenvalue weighted by molar-refractivity contribution is 5.10. The molecular weight excluding hydrogens is 262 g/mol. The van der Waals surface area contributed by atoms with Gasteiger partial charge in [-0.25, -0.2) is 9.97 Å². The average molecular weight is 291 g/mol. The third kappa shape index (κ3) is 4.48. The number of hydrogen-bond donors (Lipinski definition) is 1. The lowest BCUT2D eigenvalue weighted by Gasteiger charge is -2.35. The van der Waals surface area contributed by atoms with Gasteiger partial charge in [0.2, 0.25) is 0 Å². The van der Waals surface area contributed by atoms with Gasteiger partial charge < -0.3 is 10.1 Å². The summed E-state index contributed by atoms with van der Waals surface area (Å²) in [5.74, 6) is 1.53. The van der Waals surface area contributed by atoms with Gasteiger partial charge in [-0.1, -0.05) is 33.1 Å². The van der Waals surface area contributed by atoms with E-state index in [9.17, 15) is 0 Å². The molecule has 0 unspecified atom stereocenters. The molecule has 0 saturated heterocycles. The van der Waals surface area contributed by atoms with E-state index < -0.39 is 0 Å². The fraction of sp³-hybridized carbons (Fsp3) is 0.765. The normalized spacial score (nSPS) is 18.1. The summed E-state index contributed by atoms with van der Waals surface area (Å²) >= 11 is 0. The van der Waals surface area contributed by atoms with E-state index in [1.807, 2.05) is 12.4 Å². The van der Waals surface area contributed by atoms with Crippen molar-refractivity contribution in [3.8, 4) is 0 Å². The summed E-state index contributed by atoms with van der Waals surface area (Å²) in [7, 11) is 0. The number of nitrogens with one attached hydrogen (secondary N) is 1. The first-order valence-corrected chi connectivity index (χ1v) is 8.32. The van der Waals surface area contributed by atoms with Crippen LogP contribution in [0.5, 0.6) is 0 Å². The van der Waals surface area contributed by atoms with Gasteiger partial charge in [0, 0.05) is 31.1 Å². The van der Waals surface area contributed by atoms with Crippen molar-refractivity contribution >= 4 is 0 Å². The molecule has 0 aromatic carbocycles. The van der Waals surface area contributed by atoms with Crippen LogP contribution in [0.3, 0.4) is 0 Å². The van der Waals surface area contributed by atoms with Gasteiger partial charge in [0.05, 0.1) is 0 Å². The van der Waals surface area contributed by atoms with Crippen molar-refractivity contribution in [1.29, 1.82) is 0 Å². The summed E-state index contributed by atoms with van der Waals surface area (Å²) in [6, 6.07) is 0. The molecule has 1 aromatic rings. The van der Waals surface area contributed by atoms with Crippen LogP contribution >= 0.6 is 0 Å². The zero-order valence-electron chi connectivity index (χ0n) is 13.7. The zero-order chi connectivity index (χ0) is 15.1. The second-order valence-corrected chi connectivity index (χ2v) is 6.43. The highest BCUT2D eigenvalue weighted by Crippen LogP contribution is 2.38. The van der Waals surface area contributed by atoms with Gasteiger partial charge in [-0.05, 0) is 32.2 Å². The summed E-state index contributed by atoms with van der Waals surface area (Å²) in [5.41, 5.74) is 0.901. The number of ether oxygens (including phenoxy) is 1. The summed E-state index contributed by atoms with van der Waals surface area (Å²) in [6.45, 7) is 9.05. The van der Waals surface area contributed by atoms with Crippen LogP contribution in [-0.2, 0) is 16.9 Å². The minimum Gasteiger partial charge on any atom is -0.367 e. The first-order valence-electron chi connectivity index (χ1n) is 8.32. The quantitative estimate of drug-likeness (QED) is 0.836. The molecule has 2 rings (SSSR count). The predicted molar refractivity (Wildman–Crippen MR) is 85.0 cm³/mol. The van der Waals surface area contributed by atoms with Gasteiger partial charge in [-0.15, -0.1) is 0 Å². The smallest absolute Gasteiger partial charge is 0.160 e. The second-order valence-electron chi connectivity index (χ2n) is 6.43. The fourth-order valence-electron chi connectivity index (χ4n) is 3.02. The van der Waals surface area contributed by atoms with Crippen LogP contribution in [0.15, 0.2) is 12.4 Å². The van der Waals surface area contributed by atoms with Gasteiger partial charge in [0.1, 0.15) is 5.60 Å². The zero-order valence-corrected chi connectivity index (χ0v) is 13.7. The van der Waals surface area contributed by atoms with E-state index in [2.05, 4.69) is 36.1 Å². The summed E-state index contributed by atoms with van der Waals surface area (Å²) < 4.78 is 6.07. The van der Waals surface area contributed by atoms with Crippen molar-refractivity contribution in [2.45, 2.75) is 65.0 Å². The molecule has 0 atom stereocenters. The van der Waals surface area contributed by atoms with Crippen LogP contribution in [0.25, 0.3) is 0 Å². The van der Waals surface area contributed by atoms with E-state index in [-0.39, 0.29) is 5.60 Å². The van der Waals surface area contributed by atoms with Crippen LogP contribution in [0.2, 0.25) is 0 Å². The molecule has 1 aromatic heterocycles. The minimum atomic E-state index is -0.239. The standard InChI is InChI=1S/C17H29N3O/c1-4-21-17(8-6-5-7-9-17)16-19-12-15(13-20-16)11-18-10-14(2)3/h12-14,18H,4-11H2,1-3H3. The van der Waals surface area contributed by atoms with E-state index in [0.717, 1.165) is 43.9 Å². The first-order chi connectivity index (χ1) is 10.2. The van der Waals surface area contributed by atoms with Crippen LogP contribution in [-0.4, -0.2) is 23.1 Å². The van der Waals surface area contributed by atoms with Crippen LogP contribution in [0.1, 0.15) is 64.3 Å². The molecule has 1 N–H and O–H groups in total. The molecule has 0 amide bonds. The van der Waals surface area contributed by atoms with Gasteiger partial charge in [-0.3, -0.25) is 0 Å². The molecule has 21 heavy (non-hydrogen) atoms. The SMILES string of the molecule is CCOC1(c2ncc(CNCC(C)C)cn2)CCCCC1. The maximum absolute atomic E-state index is 6.07. The Kier molecular flexibility index (Phi) is 6.12. The Morgan fingerprint density at radius 3 is 2.43 bits per heavy atom. The Hall–Kier alpha value is -1.00. The highest BCUT2D eigenvalue weighted by atomic mass is 16.5. The van der Waals surface area contributed by atoms with E-state index in [1.165, 1.54) is 19.3 Å². The number of nitrogens with zero attached hydrogens (tertiary/aromatic N) is 2. The van der Waals surface area contributed by atoms with Crippen molar-refractivity contribution in [3.63, 3.8) is 0 Å². The Bertz CT molecular complexity index is 405. The molecule has 0 spiro atoms. The van der Waals surface area contributed by atoms with E-state index >= 15 is 0 Å². The van der Waals surface area contributed by atoms with Crippen LogP contribution in [0.4, 0.5) is 0 Å². The van der Waals surface area contributed by atoms with Crippen molar-refractivity contribution in [2.75, 3.05) is 13.2 Å². The van der Waals surface area contributed by atoms with E-state index in [1.54, 1.807) is 0 Å². The third-order valence-corrected chi connectivity index (χ3v) is 4.08. The van der Waals surface area contributed by atoms with Crippen LogP contribution < -0.4 is 5.32 Å². The molecule has 0 aliphatic heterocycles. The van der Waals surface area contributed by atoms with Gasteiger partial charge >= 0.3 is 0 Å². The molecule has 1 saturated carbocycles. The van der Waals surface area contributed by atoms with Crippen molar-refractivity contribution in [1.82, 2.24) is 15.3 Å². The van der Waals surface area contributed by atoms with Gasteiger partial charge in [0.15, 0.2) is 5.82 Å². The molecule has 0 bridgehead atoms. The monoisotopic (exact) mass is 291 g/mol. The minimum absolute atomic E-state index is 0.239. The van der Waals surface area contributed by atoms with Gasteiger partial charge in [-0.2, -0.15) is 0 Å². The molecule has 118 valence electrons. The van der Waals surface area contributed by atoms with E-state index in [0.29, 0.717) is 5.92 Å². The molecule has 0 radical (unpaired) electrons. The Labute approximate surface area is 128 Å². The largest absolute Gasteiger partial charge is 0.367 e. The maximum atomic E-state index is 6.07. The molecule has 1 aliphatic carbocycles. The molecule has 1 fully saturated rings. The second kappa shape index (κ2) is 7.85. The van der Waals surface area contributed by atoms with Gasteiger partial charge in [0.25, 0.3) is 0 Å². The fourth-order valence-corrected chi connectivity index (χ4v) is 3.02. The lowest BCUT2D eigenvalue weighted by molar-refractivity contribution is -0.0767. The van der Waals surface area contributed by atoms with Crippen molar-refractivity contribution in [3.05, 3.63) is 23.8 Å². The van der Waals surface area contributed by atoms with Crippen molar-refractivity contribution < 1.29 is 4.74 Å². The highest BCUT2D eigenvalue weighted by Gasteiger charge is 2.37. The van der Waals surface area contributed by atoms with E-state index in [4.69, 9.17) is 4.74 Å². The summed E-state index contributed by atoms with van der Waals surface area (Å²) in [4.78, 5) is 9.23. The summed E-state index contributed by atoms with van der Waals surface area (Å²) in [6.07, 6.45) is 9.71. The molecule has 1 aliphatic rings. The molecular formula is C17H29N3O. The maximum Gasteiger partial charge on any atom is 0.160 e. The summed E-state index contributed by atoms with van der Waals surface area (Å²) in [5, 5.41) is 3.42. The lowest BCUT2D eigenvalue weighted by atomic mass is 9.84. The van der Waals surface area contributed by atoms with Crippen LogP contribution in [0, 0.1) is 5.92 Å². The molecule has 4 heteroatoms. The first kappa shape index (κ1) is 16.4. The average Bonchev–Trinajstić information content (AvgIpc) is 2.49.